The highest BCUT2D eigenvalue weighted by molar-refractivity contribution is 5.44. The van der Waals surface area contributed by atoms with E-state index in [0.29, 0.717) is 6.04 Å². The van der Waals surface area contributed by atoms with Crippen molar-refractivity contribution in [3.05, 3.63) is 37.1 Å². The van der Waals surface area contributed by atoms with E-state index in [-0.39, 0.29) is 0 Å². The molecule has 2 heterocycles. The van der Waals surface area contributed by atoms with Crippen LogP contribution in [0.1, 0.15) is 32.6 Å². The number of hydrogen-bond donors (Lipinski definition) is 1. The van der Waals surface area contributed by atoms with Crippen molar-refractivity contribution in [2.75, 3.05) is 5.32 Å². The Bertz CT molecular complexity index is 503. The van der Waals surface area contributed by atoms with E-state index in [9.17, 15) is 0 Å². The fraction of sp³-hybridized carbons (Fsp3) is 0.467. The molecule has 2 unspecified atom stereocenters. The molecule has 4 heteroatoms. The molecule has 0 aliphatic heterocycles. The van der Waals surface area contributed by atoms with Crippen molar-refractivity contribution in [2.45, 2.75) is 38.6 Å². The number of anilines is 1. The van der Waals surface area contributed by atoms with Crippen LogP contribution < -0.4 is 5.32 Å². The molecule has 19 heavy (non-hydrogen) atoms. The molecule has 0 spiro atoms. The van der Waals surface area contributed by atoms with E-state index in [4.69, 9.17) is 0 Å². The first-order valence-corrected chi connectivity index (χ1v) is 7.02. The third-order valence-corrected chi connectivity index (χ3v) is 3.82. The quantitative estimate of drug-likeness (QED) is 0.916. The number of aromatic nitrogens is 3. The largest absolute Gasteiger partial charge is 0.381 e. The smallest absolute Gasteiger partial charge is 0.137 e. The lowest BCUT2D eigenvalue weighted by Gasteiger charge is -2.28. The number of nitrogens with one attached hydrogen (secondary N) is 1. The molecule has 3 rings (SSSR count). The molecule has 1 aliphatic rings. The summed E-state index contributed by atoms with van der Waals surface area (Å²) < 4.78 is 1.91. The molecular weight excluding hydrogens is 236 g/mol. The molecule has 2 aromatic heterocycles. The van der Waals surface area contributed by atoms with Crippen LogP contribution in [0.25, 0.3) is 5.82 Å². The number of hydrogen-bond acceptors (Lipinski definition) is 3. The van der Waals surface area contributed by atoms with Gasteiger partial charge in [0.2, 0.25) is 0 Å². The maximum atomic E-state index is 4.47. The van der Waals surface area contributed by atoms with Crippen LogP contribution >= 0.6 is 0 Å². The maximum Gasteiger partial charge on any atom is 0.137 e. The molecule has 1 N–H and O–H groups in total. The predicted octanol–water partition coefficient (Wildman–Crippen LogP) is 3.26. The first-order valence-electron chi connectivity index (χ1n) is 7.02. The second-order valence-corrected chi connectivity index (χ2v) is 5.49. The van der Waals surface area contributed by atoms with Gasteiger partial charge < -0.3 is 5.32 Å². The predicted molar refractivity (Wildman–Crippen MR) is 76.4 cm³/mol. The van der Waals surface area contributed by atoms with E-state index < -0.39 is 0 Å². The number of rotatable bonds is 3. The summed E-state index contributed by atoms with van der Waals surface area (Å²) in [4.78, 5) is 8.50. The van der Waals surface area contributed by atoms with Gasteiger partial charge in [0, 0.05) is 18.4 Å². The molecule has 0 amide bonds. The van der Waals surface area contributed by atoms with Crippen molar-refractivity contribution in [3.63, 3.8) is 0 Å². The Labute approximate surface area is 113 Å². The maximum absolute atomic E-state index is 4.47. The highest BCUT2D eigenvalue weighted by Gasteiger charge is 2.18. The zero-order valence-corrected chi connectivity index (χ0v) is 11.3. The Morgan fingerprint density at radius 3 is 2.95 bits per heavy atom. The summed E-state index contributed by atoms with van der Waals surface area (Å²) in [7, 11) is 0. The molecule has 0 aromatic carbocycles. The Balaban J connectivity index is 1.66. The summed E-state index contributed by atoms with van der Waals surface area (Å²) in [6, 6.07) is 4.72. The molecule has 0 radical (unpaired) electrons. The van der Waals surface area contributed by atoms with Gasteiger partial charge in [-0.15, -0.1) is 0 Å². The minimum absolute atomic E-state index is 0.602. The van der Waals surface area contributed by atoms with E-state index in [1.54, 1.807) is 12.5 Å². The molecule has 0 saturated heterocycles. The normalized spacial score (nSPS) is 23.2. The van der Waals surface area contributed by atoms with E-state index in [1.165, 1.54) is 25.7 Å². The second-order valence-electron chi connectivity index (χ2n) is 5.49. The van der Waals surface area contributed by atoms with Crippen LogP contribution in [-0.4, -0.2) is 20.6 Å². The second kappa shape index (κ2) is 5.43. The van der Waals surface area contributed by atoms with Gasteiger partial charge in [-0.1, -0.05) is 19.8 Å². The topological polar surface area (TPSA) is 42.7 Å². The molecule has 2 aromatic rings. The van der Waals surface area contributed by atoms with Crippen molar-refractivity contribution >= 4 is 5.69 Å². The van der Waals surface area contributed by atoms with E-state index in [2.05, 4.69) is 28.3 Å². The Morgan fingerprint density at radius 2 is 2.26 bits per heavy atom. The highest BCUT2D eigenvalue weighted by atomic mass is 15.1. The molecule has 4 nitrogen and oxygen atoms in total. The van der Waals surface area contributed by atoms with Gasteiger partial charge in [0.15, 0.2) is 0 Å². The van der Waals surface area contributed by atoms with Crippen LogP contribution in [0.3, 0.4) is 0 Å². The lowest BCUT2D eigenvalue weighted by Crippen LogP contribution is -2.26. The number of pyridine rings is 1. The van der Waals surface area contributed by atoms with Gasteiger partial charge in [-0.05, 0) is 30.9 Å². The van der Waals surface area contributed by atoms with Gasteiger partial charge in [-0.3, -0.25) is 4.57 Å². The van der Waals surface area contributed by atoms with Crippen LogP contribution in [0, 0.1) is 5.92 Å². The van der Waals surface area contributed by atoms with Crippen LogP contribution in [0.4, 0.5) is 5.69 Å². The van der Waals surface area contributed by atoms with Crippen LogP contribution in [0.5, 0.6) is 0 Å². The number of nitrogens with zero attached hydrogens (tertiary/aromatic N) is 3. The van der Waals surface area contributed by atoms with Gasteiger partial charge in [0.25, 0.3) is 0 Å². The molecule has 0 bridgehead atoms. The Morgan fingerprint density at radius 1 is 1.32 bits per heavy atom. The zero-order chi connectivity index (χ0) is 13.1. The lowest BCUT2D eigenvalue weighted by atomic mass is 9.87. The summed E-state index contributed by atoms with van der Waals surface area (Å²) >= 11 is 0. The SMILES string of the molecule is CC1CCCC(Nc2ccc(-n3ccnc3)nc2)C1. The molecule has 1 aliphatic carbocycles. The van der Waals surface area contributed by atoms with Crippen LogP contribution in [0.15, 0.2) is 37.1 Å². The monoisotopic (exact) mass is 256 g/mol. The summed E-state index contributed by atoms with van der Waals surface area (Å²) in [6.07, 6.45) is 12.6. The third kappa shape index (κ3) is 2.95. The van der Waals surface area contributed by atoms with Gasteiger partial charge in [-0.2, -0.15) is 0 Å². The van der Waals surface area contributed by atoms with Crippen molar-refractivity contribution in [2.24, 2.45) is 5.92 Å². The average molecular weight is 256 g/mol. The van der Waals surface area contributed by atoms with Crippen molar-refractivity contribution in [1.82, 2.24) is 14.5 Å². The van der Waals surface area contributed by atoms with Gasteiger partial charge in [0.05, 0.1) is 11.9 Å². The summed E-state index contributed by atoms with van der Waals surface area (Å²) in [5.41, 5.74) is 1.11. The zero-order valence-electron chi connectivity index (χ0n) is 11.3. The third-order valence-electron chi connectivity index (χ3n) is 3.82. The molecular formula is C15H20N4. The lowest BCUT2D eigenvalue weighted by molar-refractivity contribution is 0.358. The van der Waals surface area contributed by atoms with Gasteiger partial charge in [0.1, 0.15) is 12.1 Å². The first kappa shape index (κ1) is 12.2. The van der Waals surface area contributed by atoms with Crippen molar-refractivity contribution < 1.29 is 0 Å². The van der Waals surface area contributed by atoms with Gasteiger partial charge >= 0.3 is 0 Å². The first-order chi connectivity index (χ1) is 9.31. The van der Waals surface area contributed by atoms with E-state index in [1.807, 2.05) is 23.0 Å². The fourth-order valence-electron chi connectivity index (χ4n) is 2.82. The van der Waals surface area contributed by atoms with Crippen molar-refractivity contribution in [3.8, 4) is 5.82 Å². The van der Waals surface area contributed by atoms with Gasteiger partial charge in [-0.25, -0.2) is 9.97 Å². The standard InChI is InChI=1S/C15H20N4/c1-12-3-2-4-13(9-12)18-14-5-6-15(17-10-14)19-8-7-16-11-19/h5-8,10-13,18H,2-4,9H2,1H3. The molecule has 100 valence electrons. The summed E-state index contributed by atoms with van der Waals surface area (Å²) in [6.45, 7) is 2.34. The summed E-state index contributed by atoms with van der Waals surface area (Å²) in [5.74, 6) is 1.74. The van der Waals surface area contributed by atoms with Crippen LogP contribution in [0.2, 0.25) is 0 Å². The fourth-order valence-corrected chi connectivity index (χ4v) is 2.82. The van der Waals surface area contributed by atoms with Crippen molar-refractivity contribution in [1.29, 1.82) is 0 Å². The number of imidazole rings is 1. The Kier molecular flexibility index (Phi) is 3.49. The molecule has 1 saturated carbocycles. The van der Waals surface area contributed by atoms with E-state index >= 15 is 0 Å². The minimum atomic E-state index is 0.602. The minimum Gasteiger partial charge on any atom is -0.381 e. The molecule has 2 atom stereocenters. The van der Waals surface area contributed by atoms with E-state index in [0.717, 1.165) is 17.4 Å². The van der Waals surface area contributed by atoms with Crippen LogP contribution in [-0.2, 0) is 0 Å². The Hall–Kier alpha value is -1.84. The molecule has 1 fully saturated rings. The summed E-state index contributed by atoms with van der Waals surface area (Å²) in [5, 5.41) is 3.60. The average Bonchev–Trinajstić information content (AvgIpc) is 2.94. The highest BCUT2D eigenvalue weighted by Crippen LogP contribution is 2.26.